The molecule has 3 heterocycles. The number of nitrogens with zero attached hydrogens (tertiary/aromatic N) is 3. The number of aryl methyl sites for hydroxylation is 3. The molecule has 0 aliphatic rings. The average molecular weight is 394 g/mol. The first-order valence-corrected chi connectivity index (χ1v) is 10.3. The predicted molar refractivity (Wildman–Crippen MR) is 116 cm³/mol. The van der Waals surface area contributed by atoms with Gasteiger partial charge in [-0.3, -0.25) is 9.59 Å². The molecule has 144 valence electrons. The van der Waals surface area contributed by atoms with Gasteiger partial charge < -0.3 is 4.57 Å². The molecular weight excluding hydrogens is 370 g/mol. The van der Waals surface area contributed by atoms with Crippen LogP contribution in [0.25, 0.3) is 21.9 Å². The fraction of sp³-hybridized carbons (Fsp3) is 0.318. The third kappa shape index (κ3) is 2.63. The number of aromatic nitrogens is 3. The van der Waals surface area contributed by atoms with E-state index in [1.54, 1.807) is 0 Å². The normalized spacial score (nSPS) is 12.5. The predicted octanol–water partition coefficient (Wildman–Crippen LogP) is 3.13. The van der Waals surface area contributed by atoms with Gasteiger partial charge in [-0.25, -0.2) is 9.38 Å². The van der Waals surface area contributed by atoms with Crippen LogP contribution in [0.5, 0.6) is 0 Å². The van der Waals surface area contributed by atoms with Crippen LogP contribution < -0.4 is 15.7 Å². The highest BCUT2D eigenvalue weighted by Crippen LogP contribution is 2.27. The minimum absolute atomic E-state index is 0.241. The standard InChI is InChI=1S/C22H23N3O2S/c1-6-15-13(4)23-22-25(20(15)26)21(27)19(28-22)11-16-14(5)24(7-2)18-9-8-12(3)10-17(16)18/h8-11H,6-7H2,1-5H3/b19-11-. The quantitative estimate of drug-likeness (QED) is 0.537. The molecule has 0 spiro atoms. The minimum Gasteiger partial charge on any atom is -0.345 e. The van der Waals surface area contributed by atoms with Crippen molar-refractivity contribution in [1.29, 1.82) is 0 Å². The van der Waals surface area contributed by atoms with Gasteiger partial charge in [0.1, 0.15) is 0 Å². The van der Waals surface area contributed by atoms with Crippen molar-refractivity contribution in [3.05, 3.63) is 71.5 Å². The summed E-state index contributed by atoms with van der Waals surface area (Å²) in [5.74, 6) is 0. The molecule has 6 heteroatoms. The van der Waals surface area contributed by atoms with Gasteiger partial charge in [-0.1, -0.05) is 29.9 Å². The average Bonchev–Trinajstić information content (AvgIpc) is 3.10. The molecule has 0 radical (unpaired) electrons. The van der Waals surface area contributed by atoms with Crippen LogP contribution >= 0.6 is 11.3 Å². The third-order valence-electron chi connectivity index (χ3n) is 5.44. The van der Waals surface area contributed by atoms with Gasteiger partial charge in [0.25, 0.3) is 11.1 Å². The highest BCUT2D eigenvalue weighted by molar-refractivity contribution is 7.15. The fourth-order valence-corrected chi connectivity index (χ4v) is 4.97. The molecule has 0 saturated heterocycles. The molecule has 0 unspecified atom stereocenters. The lowest BCUT2D eigenvalue weighted by Crippen LogP contribution is -2.33. The molecule has 4 rings (SSSR count). The van der Waals surface area contributed by atoms with Crippen molar-refractivity contribution < 1.29 is 0 Å². The monoisotopic (exact) mass is 393 g/mol. The molecule has 0 aliphatic heterocycles. The first-order chi connectivity index (χ1) is 13.4. The Morgan fingerprint density at radius 2 is 1.86 bits per heavy atom. The molecule has 0 bridgehead atoms. The summed E-state index contributed by atoms with van der Waals surface area (Å²) >= 11 is 1.28. The molecule has 0 amide bonds. The Balaban J connectivity index is 2.10. The lowest BCUT2D eigenvalue weighted by Gasteiger charge is -2.03. The van der Waals surface area contributed by atoms with Crippen LogP contribution in [0.15, 0.2) is 27.8 Å². The molecule has 1 aromatic carbocycles. The van der Waals surface area contributed by atoms with E-state index in [1.165, 1.54) is 21.3 Å². The second-order valence-corrected chi connectivity index (χ2v) is 8.14. The van der Waals surface area contributed by atoms with Crippen LogP contribution in [-0.4, -0.2) is 14.0 Å². The van der Waals surface area contributed by atoms with Crippen molar-refractivity contribution in [1.82, 2.24) is 14.0 Å². The number of rotatable bonds is 3. The highest BCUT2D eigenvalue weighted by Gasteiger charge is 2.15. The zero-order valence-corrected chi connectivity index (χ0v) is 17.6. The van der Waals surface area contributed by atoms with E-state index in [-0.39, 0.29) is 11.1 Å². The number of thiazole rings is 1. The topological polar surface area (TPSA) is 56.4 Å². The smallest absolute Gasteiger partial charge is 0.277 e. The number of hydrogen-bond acceptors (Lipinski definition) is 4. The van der Waals surface area contributed by atoms with Gasteiger partial charge in [-0.05, 0) is 52.3 Å². The van der Waals surface area contributed by atoms with E-state index in [9.17, 15) is 9.59 Å². The maximum Gasteiger partial charge on any atom is 0.277 e. The Bertz CT molecular complexity index is 1410. The number of fused-ring (bicyclic) bond motifs is 2. The van der Waals surface area contributed by atoms with Crippen LogP contribution in [0.2, 0.25) is 0 Å². The lowest BCUT2D eigenvalue weighted by molar-refractivity contribution is 0.768. The van der Waals surface area contributed by atoms with Gasteiger partial charge in [0.05, 0.1) is 4.53 Å². The Morgan fingerprint density at radius 3 is 2.54 bits per heavy atom. The van der Waals surface area contributed by atoms with Crippen molar-refractivity contribution in [2.24, 2.45) is 0 Å². The lowest BCUT2D eigenvalue weighted by atomic mass is 10.1. The van der Waals surface area contributed by atoms with E-state index in [4.69, 9.17) is 0 Å². The maximum atomic E-state index is 13.0. The van der Waals surface area contributed by atoms with E-state index in [1.807, 2.05) is 19.9 Å². The second kappa shape index (κ2) is 6.71. The van der Waals surface area contributed by atoms with E-state index in [0.717, 1.165) is 28.7 Å². The van der Waals surface area contributed by atoms with Gasteiger partial charge in [-0.2, -0.15) is 0 Å². The summed E-state index contributed by atoms with van der Waals surface area (Å²) in [5, 5.41) is 1.13. The third-order valence-corrected chi connectivity index (χ3v) is 6.41. The number of benzene rings is 1. The van der Waals surface area contributed by atoms with Crippen molar-refractivity contribution in [3.63, 3.8) is 0 Å². The molecule has 3 aromatic heterocycles. The van der Waals surface area contributed by atoms with Crippen LogP contribution in [0, 0.1) is 20.8 Å². The SMILES string of the molecule is CCc1c(C)nc2s/c(=C\c3c(C)n(CC)c4ccc(C)cc34)c(=O)n2c1=O. The van der Waals surface area contributed by atoms with Gasteiger partial charge in [-0.15, -0.1) is 0 Å². The van der Waals surface area contributed by atoms with E-state index in [0.29, 0.717) is 27.2 Å². The van der Waals surface area contributed by atoms with Crippen molar-refractivity contribution in [3.8, 4) is 0 Å². The summed E-state index contributed by atoms with van der Waals surface area (Å²) in [7, 11) is 0. The summed E-state index contributed by atoms with van der Waals surface area (Å²) in [6, 6.07) is 6.39. The van der Waals surface area contributed by atoms with Crippen LogP contribution in [0.4, 0.5) is 0 Å². The van der Waals surface area contributed by atoms with Gasteiger partial charge in [0.15, 0.2) is 0 Å². The van der Waals surface area contributed by atoms with Crippen LogP contribution in [0.3, 0.4) is 0 Å². The van der Waals surface area contributed by atoms with Crippen LogP contribution in [-0.2, 0) is 13.0 Å². The first kappa shape index (κ1) is 18.6. The molecule has 0 atom stereocenters. The molecular formula is C22H23N3O2S. The maximum absolute atomic E-state index is 13.0. The molecule has 28 heavy (non-hydrogen) atoms. The molecule has 0 saturated carbocycles. The Kier molecular flexibility index (Phi) is 4.46. The summed E-state index contributed by atoms with van der Waals surface area (Å²) in [6.45, 7) is 10.9. The van der Waals surface area contributed by atoms with Gasteiger partial charge in [0, 0.05) is 40.0 Å². The van der Waals surface area contributed by atoms with Gasteiger partial charge >= 0.3 is 0 Å². The first-order valence-electron chi connectivity index (χ1n) is 9.53. The summed E-state index contributed by atoms with van der Waals surface area (Å²) < 4.78 is 4.02. The molecule has 0 fully saturated rings. The van der Waals surface area contributed by atoms with Crippen LogP contribution in [0.1, 0.15) is 41.9 Å². The molecule has 4 aromatic rings. The molecule has 0 aliphatic carbocycles. The zero-order valence-electron chi connectivity index (χ0n) is 16.8. The summed E-state index contributed by atoms with van der Waals surface area (Å²) in [4.78, 5) is 30.7. The fourth-order valence-electron chi connectivity index (χ4n) is 3.98. The van der Waals surface area contributed by atoms with Crippen molar-refractivity contribution in [2.45, 2.75) is 47.6 Å². The molecule has 0 N–H and O–H groups in total. The second-order valence-electron chi connectivity index (χ2n) is 7.13. The van der Waals surface area contributed by atoms with Crippen molar-refractivity contribution >= 4 is 33.3 Å². The minimum atomic E-state index is -0.281. The number of hydrogen-bond donors (Lipinski definition) is 0. The summed E-state index contributed by atoms with van der Waals surface area (Å²) in [5.41, 5.74) is 5.27. The van der Waals surface area contributed by atoms with Crippen molar-refractivity contribution in [2.75, 3.05) is 0 Å². The zero-order chi connectivity index (χ0) is 20.2. The Labute approximate surface area is 166 Å². The van der Waals surface area contributed by atoms with E-state index in [2.05, 4.69) is 48.5 Å². The Hall–Kier alpha value is -2.73. The highest BCUT2D eigenvalue weighted by atomic mass is 32.1. The largest absolute Gasteiger partial charge is 0.345 e. The van der Waals surface area contributed by atoms with E-state index < -0.39 is 0 Å². The molecule has 5 nitrogen and oxygen atoms in total. The Morgan fingerprint density at radius 1 is 1.11 bits per heavy atom. The van der Waals surface area contributed by atoms with E-state index >= 15 is 0 Å². The summed E-state index contributed by atoms with van der Waals surface area (Å²) in [6.07, 6.45) is 2.49. The van der Waals surface area contributed by atoms with Gasteiger partial charge in [0.2, 0.25) is 4.96 Å².